The fourth-order valence-corrected chi connectivity index (χ4v) is 2.10. The first-order valence-corrected chi connectivity index (χ1v) is 5.55. The molecule has 1 aromatic heterocycles. The van der Waals surface area contributed by atoms with Gasteiger partial charge in [0.2, 0.25) is 5.89 Å². The highest BCUT2D eigenvalue weighted by atomic mass is 16.5. The molecule has 1 aliphatic rings. The van der Waals surface area contributed by atoms with Gasteiger partial charge in [0.1, 0.15) is 0 Å². The number of nitrogens with two attached hydrogens (primary N) is 2. The summed E-state index contributed by atoms with van der Waals surface area (Å²) in [6.45, 7) is 0. The van der Waals surface area contributed by atoms with E-state index in [0.717, 1.165) is 25.7 Å². The van der Waals surface area contributed by atoms with Crippen molar-refractivity contribution in [3.63, 3.8) is 0 Å². The van der Waals surface area contributed by atoms with Crippen molar-refractivity contribution < 1.29 is 9.32 Å². The molecular weight excluding hydrogens is 208 g/mol. The minimum absolute atomic E-state index is 0.0935. The molecule has 0 spiro atoms. The Morgan fingerprint density at radius 1 is 1.25 bits per heavy atom. The Morgan fingerprint density at radius 3 is 2.38 bits per heavy atom. The SMILES string of the molecule is NC(=O)c1noc(C2(N)CCCCCC2)n1. The smallest absolute Gasteiger partial charge is 0.290 e. The normalized spacial score (nSPS) is 20.3. The standard InChI is InChI=1S/C10H16N4O2/c11-7(15)8-13-9(16-14-8)10(12)5-3-1-2-4-6-10/h1-6,12H2,(H2,11,15). The van der Waals surface area contributed by atoms with E-state index >= 15 is 0 Å². The van der Waals surface area contributed by atoms with Gasteiger partial charge in [-0.25, -0.2) is 0 Å². The summed E-state index contributed by atoms with van der Waals surface area (Å²) in [4.78, 5) is 14.8. The third-order valence-corrected chi connectivity index (χ3v) is 3.07. The Bertz CT molecular complexity index is 380. The molecule has 0 unspecified atom stereocenters. The summed E-state index contributed by atoms with van der Waals surface area (Å²) in [6, 6.07) is 0. The van der Waals surface area contributed by atoms with E-state index in [-0.39, 0.29) is 5.82 Å². The Labute approximate surface area is 93.4 Å². The van der Waals surface area contributed by atoms with Gasteiger partial charge >= 0.3 is 0 Å². The molecule has 0 aliphatic heterocycles. The van der Waals surface area contributed by atoms with Crippen LogP contribution in [0.5, 0.6) is 0 Å². The van der Waals surface area contributed by atoms with E-state index in [4.69, 9.17) is 16.0 Å². The van der Waals surface area contributed by atoms with Crippen LogP contribution in [0, 0.1) is 0 Å². The first kappa shape index (κ1) is 11.1. The lowest BCUT2D eigenvalue weighted by Crippen LogP contribution is -2.36. The maximum Gasteiger partial charge on any atom is 0.290 e. The van der Waals surface area contributed by atoms with Gasteiger partial charge in [-0.3, -0.25) is 4.79 Å². The maximum absolute atomic E-state index is 10.9. The van der Waals surface area contributed by atoms with Crippen LogP contribution in [-0.4, -0.2) is 16.0 Å². The number of hydrogen-bond acceptors (Lipinski definition) is 5. The third-order valence-electron chi connectivity index (χ3n) is 3.07. The molecule has 1 heterocycles. The fourth-order valence-electron chi connectivity index (χ4n) is 2.10. The lowest BCUT2D eigenvalue weighted by atomic mass is 9.91. The molecule has 2 rings (SSSR count). The van der Waals surface area contributed by atoms with Gasteiger partial charge in [0.05, 0.1) is 5.54 Å². The fraction of sp³-hybridized carbons (Fsp3) is 0.700. The summed E-state index contributed by atoms with van der Waals surface area (Å²) in [5.41, 5.74) is 10.7. The molecule has 1 amide bonds. The van der Waals surface area contributed by atoms with Crippen molar-refractivity contribution in [3.8, 4) is 0 Å². The zero-order valence-corrected chi connectivity index (χ0v) is 9.11. The summed E-state index contributed by atoms with van der Waals surface area (Å²) < 4.78 is 5.04. The van der Waals surface area contributed by atoms with Crippen molar-refractivity contribution in [2.75, 3.05) is 0 Å². The number of amides is 1. The van der Waals surface area contributed by atoms with Crippen LogP contribution in [0.3, 0.4) is 0 Å². The molecule has 6 heteroatoms. The molecule has 16 heavy (non-hydrogen) atoms. The zero-order valence-electron chi connectivity index (χ0n) is 9.11. The van der Waals surface area contributed by atoms with Crippen LogP contribution in [-0.2, 0) is 5.54 Å². The molecule has 0 bridgehead atoms. The topological polar surface area (TPSA) is 108 Å². The molecular formula is C10H16N4O2. The first-order valence-electron chi connectivity index (χ1n) is 5.55. The van der Waals surface area contributed by atoms with Crippen LogP contribution >= 0.6 is 0 Å². The van der Waals surface area contributed by atoms with Gasteiger partial charge in [-0.15, -0.1) is 0 Å². The summed E-state index contributed by atoms with van der Waals surface area (Å²) in [5, 5.41) is 3.53. The average molecular weight is 224 g/mol. The van der Waals surface area contributed by atoms with Gasteiger partial charge in [-0.05, 0) is 12.8 Å². The second-order valence-electron chi connectivity index (χ2n) is 4.36. The lowest BCUT2D eigenvalue weighted by Gasteiger charge is -2.22. The van der Waals surface area contributed by atoms with Gasteiger partial charge in [0, 0.05) is 0 Å². The summed E-state index contributed by atoms with van der Waals surface area (Å²) in [6.07, 6.45) is 6.07. The molecule has 6 nitrogen and oxygen atoms in total. The molecule has 1 aromatic rings. The Balaban J connectivity index is 2.23. The Kier molecular flexibility index (Phi) is 2.91. The van der Waals surface area contributed by atoms with Crippen LogP contribution in [0.25, 0.3) is 0 Å². The molecule has 0 aromatic carbocycles. The van der Waals surface area contributed by atoms with Gasteiger partial charge in [0.15, 0.2) is 0 Å². The molecule has 1 fully saturated rings. The van der Waals surface area contributed by atoms with E-state index in [9.17, 15) is 4.79 Å². The minimum Gasteiger partial charge on any atom is -0.363 e. The van der Waals surface area contributed by atoms with Gasteiger partial charge in [0.25, 0.3) is 11.7 Å². The number of nitrogens with zero attached hydrogens (tertiary/aromatic N) is 2. The molecule has 0 radical (unpaired) electrons. The number of rotatable bonds is 2. The second kappa shape index (κ2) is 4.21. The number of primary amides is 1. The summed E-state index contributed by atoms with van der Waals surface area (Å²) >= 11 is 0. The monoisotopic (exact) mass is 224 g/mol. The Morgan fingerprint density at radius 2 is 1.88 bits per heavy atom. The van der Waals surface area contributed by atoms with Crippen LogP contribution in [0.1, 0.15) is 55.0 Å². The number of aromatic nitrogens is 2. The maximum atomic E-state index is 10.9. The summed E-state index contributed by atoms with van der Waals surface area (Å²) in [7, 11) is 0. The average Bonchev–Trinajstić information content (AvgIpc) is 2.64. The van der Waals surface area contributed by atoms with Gasteiger partial charge in [-0.2, -0.15) is 4.98 Å². The molecule has 0 saturated heterocycles. The summed E-state index contributed by atoms with van der Waals surface area (Å²) in [5.74, 6) is -0.445. The van der Waals surface area contributed by atoms with Crippen LogP contribution in [0.15, 0.2) is 4.52 Å². The predicted molar refractivity (Wildman–Crippen MR) is 56.4 cm³/mol. The quantitative estimate of drug-likeness (QED) is 0.718. The predicted octanol–water partition coefficient (Wildman–Crippen LogP) is 0.677. The minimum atomic E-state index is -0.688. The van der Waals surface area contributed by atoms with E-state index in [2.05, 4.69) is 10.1 Å². The van der Waals surface area contributed by atoms with E-state index in [1.54, 1.807) is 0 Å². The van der Waals surface area contributed by atoms with Crippen LogP contribution in [0.2, 0.25) is 0 Å². The molecule has 1 saturated carbocycles. The molecule has 88 valence electrons. The number of carbonyl (C=O) groups excluding carboxylic acids is 1. The van der Waals surface area contributed by atoms with E-state index in [0.29, 0.717) is 5.89 Å². The van der Waals surface area contributed by atoms with Gasteiger partial charge in [-0.1, -0.05) is 30.8 Å². The van der Waals surface area contributed by atoms with Crippen molar-refractivity contribution in [3.05, 3.63) is 11.7 Å². The highest BCUT2D eigenvalue weighted by Crippen LogP contribution is 2.32. The second-order valence-corrected chi connectivity index (χ2v) is 4.36. The van der Waals surface area contributed by atoms with Crippen molar-refractivity contribution in [2.45, 2.75) is 44.1 Å². The van der Waals surface area contributed by atoms with E-state index < -0.39 is 11.4 Å². The van der Waals surface area contributed by atoms with Crippen LogP contribution in [0.4, 0.5) is 0 Å². The van der Waals surface area contributed by atoms with Crippen molar-refractivity contribution in [1.29, 1.82) is 0 Å². The highest BCUT2D eigenvalue weighted by molar-refractivity contribution is 5.88. The zero-order chi connectivity index (χ0) is 11.6. The van der Waals surface area contributed by atoms with Crippen molar-refractivity contribution in [2.24, 2.45) is 11.5 Å². The van der Waals surface area contributed by atoms with E-state index in [1.807, 2.05) is 0 Å². The van der Waals surface area contributed by atoms with Crippen molar-refractivity contribution in [1.82, 2.24) is 10.1 Å². The number of carbonyl (C=O) groups is 1. The molecule has 4 N–H and O–H groups in total. The largest absolute Gasteiger partial charge is 0.363 e. The van der Waals surface area contributed by atoms with Crippen LogP contribution < -0.4 is 11.5 Å². The van der Waals surface area contributed by atoms with Gasteiger partial charge < -0.3 is 16.0 Å². The van der Waals surface area contributed by atoms with E-state index in [1.165, 1.54) is 12.8 Å². The third kappa shape index (κ3) is 2.06. The highest BCUT2D eigenvalue weighted by Gasteiger charge is 2.34. The molecule has 1 aliphatic carbocycles. The lowest BCUT2D eigenvalue weighted by molar-refractivity contribution is 0.0987. The first-order chi connectivity index (χ1) is 7.62. The Hall–Kier alpha value is -1.43. The molecule has 0 atom stereocenters. The number of hydrogen-bond donors (Lipinski definition) is 2. The van der Waals surface area contributed by atoms with Crippen molar-refractivity contribution >= 4 is 5.91 Å².